The van der Waals surface area contributed by atoms with Gasteiger partial charge in [0.05, 0.1) is 6.61 Å². The molecule has 2 N–H and O–H groups in total. The van der Waals surface area contributed by atoms with E-state index in [9.17, 15) is 4.79 Å². The molecule has 1 unspecified atom stereocenters. The molecule has 0 aliphatic rings. The summed E-state index contributed by atoms with van der Waals surface area (Å²) in [6.07, 6.45) is 0.308. The van der Waals surface area contributed by atoms with Crippen molar-refractivity contribution in [3.63, 3.8) is 0 Å². The van der Waals surface area contributed by atoms with Crippen molar-refractivity contribution >= 4 is 5.91 Å². The summed E-state index contributed by atoms with van der Waals surface area (Å²) < 4.78 is 5.57. The first-order valence-electron chi connectivity index (χ1n) is 6.56. The number of ether oxygens (including phenoxy) is 1. The van der Waals surface area contributed by atoms with E-state index >= 15 is 0 Å². The molecule has 106 valence electrons. The van der Waals surface area contributed by atoms with Crippen LogP contribution in [0.5, 0.6) is 5.75 Å². The minimum Gasteiger partial charge on any atom is -0.481 e. The number of rotatable bonds is 6. The van der Waals surface area contributed by atoms with Gasteiger partial charge in [-0.2, -0.15) is 0 Å². The van der Waals surface area contributed by atoms with Crippen LogP contribution in [0.4, 0.5) is 0 Å². The second kappa shape index (κ2) is 6.57. The fraction of sp³-hybridized carbons (Fsp3) is 0.533. The highest BCUT2D eigenvalue weighted by Crippen LogP contribution is 2.15. The summed E-state index contributed by atoms with van der Waals surface area (Å²) in [6.45, 7) is 7.71. The Kier molecular flexibility index (Phi) is 5.36. The molecule has 19 heavy (non-hydrogen) atoms. The van der Waals surface area contributed by atoms with Crippen LogP contribution in [0.3, 0.4) is 0 Å². The minimum atomic E-state index is -0.550. The van der Waals surface area contributed by atoms with Crippen molar-refractivity contribution in [2.45, 2.75) is 52.4 Å². The molecule has 4 heteroatoms. The first-order valence-corrected chi connectivity index (χ1v) is 6.56. The van der Waals surface area contributed by atoms with Gasteiger partial charge in [0.2, 0.25) is 0 Å². The van der Waals surface area contributed by atoms with Gasteiger partial charge in [0.25, 0.3) is 5.91 Å². The summed E-state index contributed by atoms with van der Waals surface area (Å²) >= 11 is 0. The Hall–Kier alpha value is -1.55. The van der Waals surface area contributed by atoms with Gasteiger partial charge in [-0.15, -0.1) is 0 Å². The van der Waals surface area contributed by atoms with E-state index in [2.05, 4.69) is 5.32 Å². The van der Waals surface area contributed by atoms with Gasteiger partial charge in [-0.25, -0.2) is 0 Å². The van der Waals surface area contributed by atoms with Crippen molar-refractivity contribution in [2.24, 2.45) is 0 Å². The maximum Gasteiger partial charge on any atom is 0.261 e. The number of aliphatic hydroxyl groups is 1. The molecule has 1 aromatic rings. The van der Waals surface area contributed by atoms with Crippen molar-refractivity contribution in [3.8, 4) is 5.75 Å². The highest BCUT2D eigenvalue weighted by molar-refractivity contribution is 5.81. The van der Waals surface area contributed by atoms with Gasteiger partial charge in [0, 0.05) is 5.54 Å². The van der Waals surface area contributed by atoms with Gasteiger partial charge < -0.3 is 15.2 Å². The van der Waals surface area contributed by atoms with Crippen LogP contribution in [0.2, 0.25) is 0 Å². The third-order valence-electron chi connectivity index (χ3n) is 3.13. The lowest BCUT2D eigenvalue weighted by Crippen LogP contribution is -2.48. The summed E-state index contributed by atoms with van der Waals surface area (Å²) in [5.41, 5.74) is 0.590. The van der Waals surface area contributed by atoms with Crippen molar-refractivity contribution in [2.75, 3.05) is 0 Å². The number of aliphatic hydroxyl groups excluding tert-OH is 1. The molecular weight excluding hydrogens is 242 g/mol. The Morgan fingerprint density at radius 2 is 1.95 bits per heavy atom. The molecule has 1 amide bonds. The fourth-order valence-corrected chi connectivity index (χ4v) is 1.45. The van der Waals surface area contributed by atoms with Crippen LogP contribution >= 0.6 is 0 Å². The van der Waals surface area contributed by atoms with Crippen LogP contribution in [-0.4, -0.2) is 22.7 Å². The first-order chi connectivity index (χ1) is 8.88. The monoisotopic (exact) mass is 265 g/mol. The van der Waals surface area contributed by atoms with Crippen LogP contribution in [0.25, 0.3) is 0 Å². The van der Waals surface area contributed by atoms with Gasteiger partial charge in [0.15, 0.2) is 6.10 Å². The minimum absolute atomic E-state index is 0.00100. The molecule has 0 fully saturated rings. The van der Waals surface area contributed by atoms with Gasteiger partial charge in [-0.1, -0.05) is 19.1 Å². The van der Waals surface area contributed by atoms with Gasteiger partial charge in [-0.05, 0) is 44.9 Å². The lowest BCUT2D eigenvalue weighted by atomic mass is 10.0. The topological polar surface area (TPSA) is 58.6 Å². The molecule has 1 rings (SSSR count). The molecule has 0 aliphatic heterocycles. The van der Waals surface area contributed by atoms with Crippen LogP contribution in [0, 0.1) is 0 Å². The van der Waals surface area contributed by atoms with E-state index in [-0.39, 0.29) is 18.1 Å². The lowest BCUT2D eigenvalue weighted by molar-refractivity contribution is -0.128. The molecule has 0 aromatic heterocycles. The molecule has 1 aromatic carbocycles. The summed E-state index contributed by atoms with van der Waals surface area (Å²) in [4.78, 5) is 12.0. The lowest BCUT2D eigenvalue weighted by Gasteiger charge is -2.26. The SMILES string of the molecule is CCC(C)(C)NC(=O)C(C)Oc1ccc(CO)cc1. The molecule has 0 saturated heterocycles. The second-order valence-electron chi connectivity index (χ2n) is 5.29. The average Bonchev–Trinajstić information content (AvgIpc) is 2.39. The molecule has 0 saturated carbocycles. The van der Waals surface area contributed by atoms with Crippen molar-refractivity contribution in [1.82, 2.24) is 5.32 Å². The molecule has 1 atom stereocenters. The van der Waals surface area contributed by atoms with Crippen LogP contribution < -0.4 is 10.1 Å². The third-order valence-corrected chi connectivity index (χ3v) is 3.13. The summed E-state index contributed by atoms with van der Waals surface area (Å²) in [7, 11) is 0. The second-order valence-corrected chi connectivity index (χ2v) is 5.29. The van der Waals surface area contributed by atoms with E-state index in [4.69, 9.17) is 9.84 Å². The van der Waals surface area contributed by atoms with E-state index in [0.717, 1.165) is 12.0 Å². The molecular formula is C15H23NO3. The zero-order valence-electron chi connectivity index (χ0n) is 12.1. The van der Waals surface area contributed by atoms with Crippen molar-refractivity contribution in [3.05, 3.63) is 29.8 Å². The maximum absolute atomic E-state index is 12.0. The van der Waals surface area contributed by atoms with Gasteiger partial charge in [-0.3, -0.25) is 4.79 Å². The molecule has 0 aliphatic carbocycles. The van der Waals surface area contributed by atoms with Gasteiger partial charge >= 0.3 is 0 Å². The van der Waals surface area contributed by atoms with Crippen LogP contribution in [-0.2, 0) is 11.4 Å². The Balaban J connectivity index is 2.58. The largest absolute Gasteiger partial charge is 0.481 e. The van der Waals surface area contributed by atoms with E-state index < -0.39 is 6.10 Å². The number of hydrogen-bond acceptors (Lipinski definition) is 3. The Labute approximate surface area is 114 Å². The predicted octanol–water partition coefficient (Wildman–Crippen LogP) is 2.25. The van der Waals surface area contributed by atoms with Crippen molar-refractivity contribution in [1.29, 1.82) is 0 Å². The number of amides is 1. The standard InChI is InChI=1S/C15H23NO3/c1-5-15(3,4)16-14(18)11(2)19-13-8-6-12(10-17)7-9-13/h6-9,11,17H,5,10H2,1-4H3,(H,16,18). The first kappa shape index (κ1) is 15.5. The highest BCUT2D eigenvalue weighted by atomic mass is 16.5. The maximum atomic E-state index is 12.0. The summed E-state index contributed by atoms with van der Waals surface area (Å²) in [5, 5.41) is 11.9. The van der Waals surface area contributed by atoms with E-state index in [1.807, 2.05) is 20.8 Å². The normalized spacial score (nSPS) is 12.9. The number of carbonyl (C=O) groups is 1. The molecule has 0 spiro atoms. The Morgan fingerprint density at radius 1 is 1.37 bits per heavy atom. The fourth-order valence-electron chi connectivity index (χ4n) is 1.45. The zero-order chi connectivity index (χ0) is 14.5. The average molecular weight is 265 g/mol. The van der Waals surface area contributed by atoms with Crippen molar-refractivity contribution < 1.29 is 14.6 Å². The molecule has 0 heterocycles. The van der Waals surface area contributed by atoms with Crippen LogP contribution in [0.1, 0.15) is 39.7 Å². The Bertz CT molecular complexity index is 412. The molecule has 0 bridgehead atoms. The predicted molar refractivity (Wildman–Crippen MR) is 75.0 cm³/mol. The van der Waals surface area contributed by atoms with Gasteiger partial charge in [0.1, 0.15) is 5.75 Å². The number of nitrogens with one attached hydrogen (secondary N) is 1. The quantitative estimate of drug-likeness (QED) is 0.829. The molecule has 4 nitrogen and oxygen atoms in total. The van der Waals surface area contributed by atoms with E-state index in [0.29, 0.717) is 5.75 Å². The highest BCUT2D eigenvalue weighted by Gasteiger charge is 2.22. The van der Waals surface area contributed by atoms with E-state index in [1.165, 1.54) is 0 Å². The number of hydrogen-bond donors (Lipinski definition) is 2. The zero-order valence-corrected chi connectivity index (χ0v) is 12.1. The number of benzene rings is 1. The third kappa shape index (κ3) is 4.91. The van der Waals surface area contributed by atoms with Crippen LogP contribution in [0.15, 0.2) is 24.3 Å². The van der Waals surface area contributed by atoms with E-state index in [1.54, 1.807) is 31.2 Å². The smallest absolute Gasteiger partial charge is 0.261 e. The summed E-state index contributed by atoms with van der Waals surface area (Å²) in [5.74, 6) is 0.493. The number of carbonyl (C=O) groups excluding carboxylic acids is 1. The Morgan fingerprint density at radius 3 is 2.42 bits per heavy atom. The summed E-state index contributed by atoms with van der Waals surface area (Å²) in [6, 6.07) is 7.05. The molecule has 0 radical (unpaired) electrons.